The van der Waals surface area contributed by atoms with Crippen LogP contribution in [0.2, 0.25) is 5.02 Å². The minimum absolute atomic E-state index is 0.111. The predicted molar refractivity (Wildman–Crippen MR) is 83.4 cm³/mol. The van der Waals surface area contributed by atoms with Gasteiger partial charge in [-0.2, -0.15) is 5.10 Å². The Balaban J connectivity index is 1.91. The summed E-state index contributed by atoms with van der Waals surface area (Å²) in [6.45, 7) is 0.571. The van der Waals surface area contributed by atoms with Gasteiger partial charge in [0.2, 0.25) is 0 Å². The highest BCUT2D eigenvalue weighted by atomic mass is 127. The Kier molecular flexibility index (Phi) is 4.81. The molecule has 0 aliphatic heterocycles. The van der Waals surface area contributed by atoms with Crippen LogP contribution >= 0.6 is 34.2 Å². The maximum absolute atomic E-state index is 11.9. The Morgan fingerprint density at radius 1 is 1.47 bits per heavy atom. The van der Waals surface area contributed by atoms with Gasteiger partial charge in [0, 0.05) is 41.0 Å². The quantitative estimate of drug-likeness (QED) is 0.817. The molecule has 0 saturated heterocycles. The largest absolute Gasteiger partial charge is 0.352 e. The van der Waals surface area contributed by atoms with Crippen LogP contribution in [0.3, 0.4) is 0 Å². The van der Waals surface area contributed by atoms with Gasteiger partial charge in [-0.25, -0.2) is 0 Å². The third-order valence-corrected chi connectivity index (χ3v) is 4.34. The Morgan fingerprint density at radius 2 is 2.26 bits per heavy atom. The molecule has 1 heterocycles. The molecule has 0 atom stereocenters. The van der Waals surface area contributed by atoms with Gasteiger partial charge >= 0.3 is 0 Å². The molecule has 100 valence electrons. The number of benzene rings is 1. The molecule has 1 aromatic carbocycles. The van der Waals surface area contributed by atoms with Gasteiger partial charge in [-0.1, -0.05) is 11.6 Å². The van der Waals surface area contributed by atoms with Crippen molar-refractivity contribution >= 4 is 40.1 Å². The molecule has 0 spiro atoms. The Hall–Kier alpha value is -1.08. The highest BCUT2D eigenvalue weighted by Gasteiger charge is 2.07. The summed E-state index contributed by atoms with van der Waals surface area (Å²) >= 11 is 8.13. The SMILES string of the molecule is Cn1nccc1CCNC(=O)c1ccc(I)c(Cl)c1. The molecular formula is C13H13ClIN3O. The predicted octanol–water partition coefficient (Wildman–Crippen LogP) is 2.65. The van der Waals surface area contributed by atoms with Crippen molar-refractivity contribution in [1.29, 1.82) is 0 Å². The van der Waals surface area contributed by atoms with Crippen LogP contribution in [-0.2, 0) is 13.5 Å². The fraction of sp³-hybridized carbons (Fsp3) is 0.231. The average Bonchev–Trinajstić information content (AvgIpc) is 2.78. The monoisotopic (exact) mass is 389 g/mol. The van der Waals surface area contributed by atoms with E-state index < -0.39 is 0 Å². The van der Waals surface area contributed by atoms with E-state index >= 15 is 0 Å². The maximum Gasteiger partial charge on any atom is 0.251 e. The maximum atomic E-state index is 11.9. The number of aryl methyl sites for hydroxylation is 1. The van der Waals surface area contributed by atoms with Gasteiger partial charge in [-0.3, -0.25) is 9.48 Å². The van der Waals surface area contributed by atoms with Crippen LogP contribution < -0.4 is 5.32 Å². The number of halogens is 2. The number of nitrogens with one attached hydrogen (secondary N) is 1. The van der Waals surface area contributed by atoms with Crippen LogP contribution in [0.25, 0.3) is 0 Å². The molecule has 0 radical (unpaired) electrons. The molecule has 1 aromatic heterocycles. The molecule has 0 fully saturated rings. The van der Waals surface area contributed by atoms with Gasteiger partial charge in [0.1, 0.15) is 0 Å². The van der Waals surface area contributed by atoms with Crippen molar-refractivity contribution in [2.24, 2.45) is 7.05 Å². The van der Waals surface area contributed by atoms with Crippen molar-refractivity contribution in [3.05, 3.63) is 50.3 Å². The summed E-state index contributed by atoms with van der Waals surface area (Å²) in [6.07, 6.45) is 2.50. The molecular weight excluding hydrogens is 377 g/mol. The summed E-state index contributed by atoms with van der Waals surface area (Å²) < 4.78 is 2.74. The summed E-state index contributed by atoms with van der Waals surface area (Å²) in [6, 6.07) is 7.22. The molecule has 1 N–H and O–H groups in total. The highest BCUT2D eigenvalue weighted by Crippen LogP contribution is 2.19. The lowest BCUT2D eigenvalue weighted by molar-refractivity contribution is 0.0954. The van der Waals surface area contributed by atoms with Gasteiger partial charge in [-0.05, 0) is 46.9 Å². The van der Waals surface area contributed by atoms with E-state index in [0.717, 1.165) is 15.7 Å². The van der Waals surface area contributed by atoms with E-state index in [4.69, 9.17) is 11.6 Å². The molecule has 0 unspecified atom stereocenters. The second kappa shape index (κ2) is 6.38. The number of amides is 1. The molecule has 2 aromatic rings. The van der Waals surface area contributed by atoms with E-state index in [1.807, 2.05) is 19.2 Å². The van der Waals surface area contributed by atoms with Crippen LogP contribution in [0, 0.1) is 3.57 Å². The van der Waals surface area contributed by atoms with E-state index in [9.17, 15) is 4.79 Å². The lowest BCUT2D eigenvalue weighted by atomic mass is 10.2. The van der Waals surface area contributed by atoms with Crippen LogP contribution in [0.15, 0.2) is 30.5 Å². The first kappa shape index (κ1) is 14.3. The molecule has 2 rings (SSSR count). The van der Waals surface area contributed by atoms with Gasteiger partial charge in [0.05, 0.1) is 5.02 Å². The van der Waals surface area contributed by atoms with Crippen LogP contribution in [-0.4, -0.2) is 22.2 Å². The Labute approximate surface area is 130 Å². The van der Waals surface area contributed by atoms with Crippen molar-refractivity contribution in [3.8, 4) is 0 Å². The zero-order valence-electron chi connectivity index (χ0n) is 10.4. The first-order valence-corrected chi connectivity index (χ1v) is 7.23. The van der Waals surface area contributed by atoms with Crippen molar-refractivity contribution in [2.45, 2.75) is 6.42 Å². The van der Waals surface area contributed by atoms with E-state index in [1.165, 1.54) is 0 Å². The minimum atomic E-state index is -0.111. The van der Waals surface area contributed by atoms with E-state index in [1.54, 1.807) is 23.0 Å². The Morgan fingerprint density at radius 3 is 2.89 bits per heavy atom. The molecule has 0 bridgehead atoms. The lowest BCUT2D eigenvalue weighted by Crippen LogP contribution is -2.26. The number of aromatic nitrogens is 2. The average molecular weight is 390 g/mol. The van der Waals surface area contributed by atoms with Gasteiger partial charge in [0.15, 0.2) is 0 Å². The fourth-order valence-electron chi connectivity index (χ4n) is 1.69. The van der Waals surface area contributed by atoms with Crippen LogP contribution in [0.4, 0.5) is 0 Å². The standard InChI is InChI=1S/C13H13ClIN3O/c1-18-10(5-7-17-18)4-6-16-13(19)9-2-3-12(15)11(14)8-9/h2-3,5,7-8H,4,6H2,1H3,(H,16,19). The smallest absolute Gasteiger partial charge is 0.251 e. The van der Waals surface area contributed by atoms with Crippen molar-refractivity contribution < 1.29 is 4.79 Å². The minimum Gasteiger partial charge on any atom is -0.352 e. The molecule has 4 nitrogen and oxygen atoms in total. The summed E-state index contributed by atoms with van der Waals surface area (Å²) in [7, 11) is 1.88. The molecule has 0 aliphatic carbocycles. The summed E-state index contributed by atoms with van der Waals surface area (Å²) in [5.41, 5.74) is 1.66. The molecule has 6 heteroatoms. The summed E-state index contributed by atoms with van der Waals surface area (Å²) in [4.78, 5) is 11.9. The van der Waals surface area contributed by atoms with Gasteiger partial charge in [-0.15, -0.1) is 0 Å². The number of carbonyl (C=O) groups excluding carboxylic acids is 1. The van der Waals surface area contributed by atoms with E-state index in [2.05, 4.69) is 33.0 Å². The van der Waals surface area contributed by atoms with E-state index in [-0.39, 0.29) is 5.91 Å². The second-order valence-corrected chi connectivity index (χ2v) is 5.65. The lowest BCUT2D eigenvalue weighted by Gasteiger charge is -2.06. The molecule has 0 saturated carbocycles. The molecule has 0 aliphatic rings. The van der Waals surface area contributed by atoms with Gasteiger partial charge in [0.25, 0.3) is 5.91 Å². The summed E-state index contributed by atoms with van der Waals surface area (Å²) in [5, 5.41) is 7.55. The zero-order valence-corrected chi connectivity index (χ0v) is 13.3. The van der Waals surface area contributed by atoms with Crippen molar-refractivity contribution in [3.63, 3.8) is 0 Å². The number of carbonyl (C=O) groups is 1. The fourth-order valence-corrected chi connectivity index (χ4v) is 2.21. The zero-order chi connectivity index (χ0) is 13.8. The second-order valence-electron chi connectivity index (χ2n) is 4.08. The Bertz CT molecular complexity index is 597. The van der Waals surface area contributed by atoms with Crippen molar-refractivity contribution in [2.75, 3.05) is 6.54 Å². The third-order valence-electron chi connectivity index (χ3n) is 2.77. The van der Waals surface area contributed by atoms with Crippen LogP contribution in [0.5, 0.6) is 0 Å². The topological polar surface area (TPSA) is 46.9 Å². The number of rotatable bonds is 4. The normalized spacial score (nSPS) is 10.5. The third kappa shape index (κ3) is 3.70. The molecule has 1 amide bonds. The number of hydrogen-bond acceptors (Lipinski definition) is 2. The van der Waals surface area contributed by atoms with Crippen molar-refractivity contribution in [1.82, 2.24) is 15.1 Å². The molecule has 19 heavy (non-hydrogen) atoms. The first-order chi connectivity index (χ1) is 9.08. The summed E-state index contributed by atoms with van der Waals surface area (Å²) in [5.74, 6) is -0.111. The van der Waals surface area contributed by atoms with Gasteiger partial charge < -0.3 is 5.32 Å². The van der Waals surface area contributed by atoms with Crippen LogP contribution in [0.1, 0.15) is 16.1 Å². The number of hydrogen-bond donors (Lipinski definition) is 1. The number of nitrogens with zero attached hydrogens (tertiary/aromatic N) is 2. The first-order valence-electron chi connectivity index (χ1n) is 5.78. The highest BCUT2D eigenvalue weighted by molar-refractivity contribution is 14.1. The van der Waals surface area contributed by atoms with E-state index in [0.29, 0.717) is 17.1 Å².